The molecule has 2 fully saturated rings. The first kappa shape index (κ1) is 12.4. The average Bonchev–Trinajstić information content (AvgIpc) is 2.75. The van der Waals surface area contributed by atoms with Gasteiger partial charge in [0.15, 0.2) is 0 Å². The SMILES string of the molecule is Cc1ccccc1C(=O)NC1C2CNCC21.Cl. The van der Waals surface area contributed by atoms with Gasteiger partial charge in [0.1, 0.15) is 0 Å². The van der Waals surface area contributed by atoms with E-state index in [1.165, 1.54) is 0 Å². The summed E-state index contributed by atoms with van der Waals surface area (Å²) in [6.45, 7) is 4.09. The third kappa shape index (κ3) is 2.17. The summed E-state index contributed by atoms with van der Waals surface area (Å²) in [5, 5.41) is 6.46. The van der Waals surface area contributed by atoms with Gasteiger partial charge >= 0.3 is 0 Å². The molecule has 2 N–H and O–H groups in total. The largest absolute Gasteiger partial charge is 0.349 e. The fourth-order valence-corrected chi connectivity index (χ4v) is 2.69. The van der Waals surface area contributed by atoms with Gasteiger partial charge in [-0.3, -0.25) is 4.79 Å². The molecule has 0 bridgehead atoms. The Labute approximate surface area is 107 Å². The number of hydrogen-bond acceptors (Lipinski definition) is 2. The predicted molar refractivity (Wildman–Crippen MR) is 69.5 cm³/mol. The van der Waals surface area contributed by atoms with Crippen molar-refractivity contribution in [2.75, 3.05) is 13.1 Å². The Morgan fingerprint density at radius 1 is 1.29 bits per heavy atom. The van der Waals surface area contributed by atoms with Crippen molar-refractivity contribution in [1.82, 2.24) is 10.6 Å². The maximum atomic E-state index is 12.0. The van der Waals surface area contributed by atoms with Gasteiger partial charge in [0.05, 0.1) is 0 Å². The first-order chi connectivity index (χ1) is 7.77. The Bertz CT molecular complexity index is 425. The zero-order valence-corrected chi connectivity index (χ0v) is 10.6. The lowest BCUT2D eigenvalue weighted by atomic mass is 10.1. The van der Waals surface area contributed by atoms with Crippen LogP contribution in [0.4, 0.5) is 0 Å². The number of fused-ring (bicyclic) bond motifs is 1. The first-order valence-electron chi connectivity index (χ1n) is 5.84. The molecule has 1 saturated carbocycles. The second kappa shape index (κ2) is 4.67. The summed E-state index contributed by atoms with van der Waals surface area (Å²) < 4.78 is 0. The molecule has 0 aromatic heterocycles. The Morgan fingerprint density at radius 2 is 1.94 bits per heavy atom. The van der Waals surface area contributed by atoms with Crippen molar-refractivity contribution in [3.05, 3.63) is 35.4 Å². The number of nitrogens with one attached hydrogen (secondary N) is 2. The number of rotatable bonds is 2. The van der Waals surface area contributed by atoms with Gasteiger partial charge < -0.3 is 10.6 Å². The Kier molecular flexibility index (Phi) is 3.40. The van der Waals surface area contributed by atoms with Crippen LogP contribution >= 0.6 is 12.4 Å². The highest BCUT2D eigenvalue weighted by molar-refractivity contribution is 5.96. The number of benzene rings is 1. The standard InChI is InChI=1S/C13H16N2O.ClH/c1-8-4-2-3-5-9(8)13(16)15-12-10-6-14-7-11(10)12;/h2-5,10-12,14H,6-7H2,1H3,(H,15,16);1H. The van der Waals surface area contributed by atoms with E-state index in [1.807, 2.05) is 31.2 Å². The number of halogens is 1. The predicted octanol–water partition coefficient (Wildman–Crippen LogP) is 1.36. The molecule has 1 amide bonds. The minimum absolute atomic E-state index is 0. The zero-order chi connectivity index (χ0) is 11.1. The van der Waals surface area contributed by atoms with Gasteiger partial charge in [-0.2, -0.15) is 0 Å². The second-order valence-corrected chi connectivity index (χ2v) is 4.80. The van der Waals surface area contributed by atoms with Crippen LogP contribution in [0, 0.1) is 18.8 Å². The maximum absolute atomic E-state index is 12.0. The number of carbonyl (C=O) groups is 1. The van der Waals surface area contributed by atoms with Crippen LogP contribution in [0.5, 0.6) is 0 Å². The summed E-state index contributed by atoms with van der Waals surface area (Å²) in [6.07, 6.45) is 0. The van der Waals surface area contributed by atoms with E-state index in [0.29, 0.717) is 17.9 Å². The highest BCUT2D eigenvalue weighted by atomic mass is 35.5. The third-order valence-electron chi connectivity index (χ3n) is 3.78. The first-order valence-corrected chi connectivity index (χ1v) is 5.84. The molecule has 1 aliphatic heterocycles. The van der Waals surface area contributed by atoms with Gasteiger partial charge in [-0.15, -0.1) is 12.4 Å². The van der Waals surface area contributed by atoms with E-state index in [1.54, 1.807) is 0 Å². The molecule has 3 nitrogen and oxygen atoms in total. The van der Waals surface area contributed by atoms with Gasteiger partial charge in [-0.05, 0) is 30.4 Å². The Balaban J connectivity index is 0.00000108. The molecule has 1 aromatic carbocycles. The second-order valence-electron chi connectivity index (χ2n) is 4.80. The summed E-state index contributed by atoms with van der Waals surface area (Å²) in [5.74, 6) is 1.43. The van der Waals surface area contributed by atoms with Crippen LogP contribution < -0.4 is 10.6 Å². The molecule has 17 heavy (non-hydrogen) atoms. The lowest BCUT2D eigenvalue weighted by molar-refractivity contribution is 0.0946. The maximum Gasteiger partial charge on any atom is 0.251 e. The van der Waals surface area contributed by atoms with Gasteiger partial charge in [-0.25, -0.2) is 0 Å². The number of piperidine rings is 1. The van der Waals surface area contributed by atoms with E-state index in [9.17, 15) is 4.79 Å². The normalized spacial score (nSPS) is 29.1. The quantitative estimate of drug-likeness (QED) is 0.835. The molecule has 1 aliphatic carbocycles. The molecule has 0 spiro atoms. The topological polar surface area (TPSA) is 41.1 Å². The van der Waals surface area contributed by atoms with E-state index in [-0.39, 0.29) is 18.3 Å². The fourth-order valence-electron chi connectivity index (χ4n) is 2.69. The molecule has 2 unspecified atom stereocenters. The van der Waals surface area contributed by atoms with Gasteiger partial charge in [0.25, 0.3) is 5.91 Å². The van der Waals surface area contributed by atoms with Crippen LogP contribution in [-0.2, 0) is 0 Å². The number of hydrogen-bond donors (Lipinski definition) is 2. The van der Waals surface area contributed by atoms with E-state index in [4.69, 9.17) is 0 Å². The molecular formula is C13H17ClN2O. The highest BCUT2D eigenvalue weighted by Gasteiger charge is 2.53. The van der Waals surface area contributed by atoms with E-state index >= 15 is 0 Å². The van der Waals surface area contributed by atoms with E-state index < -0.39 is 0 Å². The van der Waals surface area contributed by atoms with E-state index in [0.717, 1.165) is 24.2 Å². The molecule has 2 atom stereocenters. The molecule has 2 aliphatic rings. The Hall–Kier alpha value is -1.06. The van der Waals surface area contributed by atoms with Crippen molar-refractivity contribution in [1.29, 1.82) is 0 Å². The van der Waals surface area contributed by atoms with E-state index in [2.05, 4.69) is 10.6 Å². The molecule has 4 heteroatoms. The van der Waals surface area contributed by atoms with Crippen LogP contribution in [0.15, 0.2) is 24.3 Å². The minimum atomic E-state index is 0. The van der Waals surface area contributed by atoms with Crippen molar-refractivity contribution in [2.45, 2.75) is 13.0 Å². The van der Waals surface area contributed by atoms with Crippen molar-refractivity contribution < 1.29 is 4.79 Å². The van der Waals surface area contributed by atoms with Crippen molar-refractivity contribution in [2.24, 2.45) is 11.8 Å². The van der Waals surface area contributed by atoms with Crippen LogP contribution in [-0.4, -0.2) is 25.0 Å². The summed E-state index contributed by atoms with van der Waals surface area (Å²) in [6, 6.07) is 8.15. The van der Waals surface area contributed by atoms with Crippen molar-refractivity contribution in [3.63, 3.8) is 0 Å². The summed E-state index contributed by atoms with van der Waals surface area (Å²) in [4.78, 5) is 12.0. The summed E-state index contributed by atoms with van der Waals surface area (Å²) in [5.41, 5.74) is 1.85. The zero-order valence-electron chi connectivity index (χ0n) is 9.77. The highest BCUT2D eigenvalue weighted by Crippen LogP contribution is 2.41. The third-order valence-corrected chi connectivity index (χ3v) is 3.78. The molecule has 1 saturated heterocycles. The average molecular weight is 253 g/mol. The number of aryl methyl sites for hydroxylation is 1. The van der Waals surface area contributed by atoms with Crippen LogP contribution in [0.25, 0.3) is 0 Å². The van der Waals surface area contributed by atoms with Crippen LogP contribution in [0.2, 0.25) is 0 Å². The van der Waals surface area contributed by atoms with Crippen molar-refractivity contribution >= 4 is 18.3 Å². The smallest absolute Gasteiger partial charge is 0.251 e. The fraction of sp³-hybridized carbons (Fsp3) is 0.462. The molecular weight excluding hydrogens is 236 g/mol. The number of carbonyl (C=O) groups excluding carboxylic acids is 1. The molecule has 3 rings (SSSR count). The Morgan fingerprint density at radius 3 is 2.59 bits per heavy atom. The molecule has 92 valence electrons. The number of amides is 1. The molecule has 1 heterocycles. The molecule has 1 aromatic rings. The van der Waals surface area contributed by atoms with Gasteiger partial charge in [0, 0.05) is 24.7 Å². The minimum Gasteiger partial charge on any atom is -0.349 e. The van der Waals surface area contributed by atoms with Crippen molar-refractivity contribution in [3.8, 4) is 0 Å². The van der Waals surface area contributed by atoms with Crippen LogP contribution in [0.3, 0.4) is 0 Å². The lowest BCUT2D eigenvalue weighted by Gasteiger charge is -2.09. The summed E-state index contributed by atoms with van der Waals surface area (Å²) in [7, 11) is 0. The van der Waals surface area contributed by atoms with Crippen LogP contribution in [0.1, 0.15) is 15.9 Å². The lowest BCUT2D eigenvalue weighted by Crippen LogP contribution is -2.32. The van der Waals surface area contributed by atoms with Gasteiger partial charge in [0.2, 0.25) is 0 Å². The van der Waals surface area contributed by atoms with Gasteiger partial charge in [-0.1, -0.05) is 18.2 Å². The monoisotopic (exact) mass is 252 g/mol. The summed E-state index contributed by atoms with van der Waals surface area (Å²) >= 11 is 0. The molecule has 0 radical (unpaired) electrons.